The predicted molar refractivity (Wildman–Crippen MR) is 150 cm³/mol. The number of hydrogen-bond acceptors (Lipinski definition) is 9. The lowest BCUT2D eigenvalue weighted by Gasteiger charge is -2.25. The number of amides is 1. The van der Waals surface area contributed by atoms with Crippen molar-refractivity contribution in [1.82, 2.24) is 19.9 Å². The first-order valence-electron chi connectivity index (χ1n) is 13.7. The fourth-order valence-corrected chi connectivity index (χ4v) is 5.27. The van der Waals surface area contributed by atoms with Crippen molar-refractivity contribution in [2.75, 3.05) is 25.5 Å². The molecule has 0 bridgehead atoms. The zero-order valence-corrected chi connectivity index (χ0v) is 22.8. The number of para-hydroxylation sites is 1. The summed E-state index contributed by atoms with van der Waals surface area (Å²) in [7, 11) is 1.35. The number of methoxy groups -OCH3 is 1. The van der Waals surface area contributed by atoms with Gasteiger partial charge < -0.3 is 34.5 Å². The lowest BCUT2D eigenvalue weighted by molar-refractivity contribution is -0.132. The molecule has 4 aromatic rings. The van der Waals surface area contributed by atoms with Crippen LogP contribution in [0.15, 0.2) is 61.1 Å². The molecule has 42 heavy (non-hydrogen) atoms. The van der Waals surface area contributed by atoms with Crippen LogP contribution >= 0.6 is 0 Å². The molecule has 2 fully saturated rings. The van der Waals surface area contributed by atoms with Crippen LogP contribution in [0, 0.1) is 5.82 Å². The summed E-state index contributed by atoms with van der Waals surface area (Å²) in [4.78, 5) is 40.0. The second-order valence-electron chi connectivity index (χ2n) is 10.3. The zero-order valence-electron chi connectivity index (χ0n) is 22.8. The third-order valence-corrected chi connectivity index (χ3v) is 7.49. The number of H-pyrrole nitrogens is 1. The normalized spacial score (nSPS) is 21.0. The Hall–Kier alpha value is -4.39. The molecule has 11 nitrogen and oxygen atoms in total. The maximum Gasteiger partial charge on any atom is 0.254 e. The molecule has 4 unspecified atom stereocenters. The highest BCUT2D eigenvalue weighted by molar-refractivity contribution is 6.18. The highest BCUT2D eigenvalue weighted by Crippen LogP contribution is 2.31. The van der Waals surface area contributed by atoms with E-state index >= 15 is 4.39 Å². The molecular formula is C30H30FN5O6. The van der Waals surface area contributed by atoms with Gasteiger partial charge in [-0.05, 0) is 43.5 Å². The first-order valence-corrected chi connectivity index (χ1v) is 13.7. The zero-order chi connectivity index (χ0) is 29.2. The Labute approximate surface area is 240 Å². The third-order valence-electron chi connectivity index (χ3n) is 7.49. The van der Waals surface area contributed by atoms with Crippen LogP contribution in [0.3, 0.4) is 0 Å². The molecule has 4 heterocycles. The minimum atomic E-state index is -1.16. The van der Waals surface area contributed by atoms with Crippen molar-refractivity contribution < 1.29 is 33.3 Å². The standard InChI is InChI=1S/C30H30FN5O6/c1-40-30(39)26-25(42-26)29(38)36-12-6-5-7-17(15-36)35-28-23-21(14-32-27(23)33-16-34-28)24(37)20-11-10-19(13-22(20)31)41-18-8-3-2-4-9-18/h2-4,8-11,13-14,16-17,25-26,30,39H,5-7,12,15H2,1H3,(H2,32,33,34,35). The lowest BCUT2D eigenvalue weighted by atomic mass is 10.0. The Balaban J connectivity index is 1.21. The minimum Gasteiger partial charge on any atom is -0.457 e. The van der Waals surface area contributed by atoms with Gasteiger partial charge in [0.1, 0.15) is 41.2 Å². The number of benzene rings is 2. The molecule has 2 aliphatic rings. The van der Waals surface area contributed by atoms with E-state index in [-0.39, 0.29) is 28.8 Å². The molecule has 3 N–H and O–H groups in total. The maximum atomic E-state index is 15.2. The molecule has 0 aliphatic carbocycles. The largest absolute Gasteiger partial charge is 0.457 e. The van der Waals surface area contributed by atoms with Crippen molar-refractivity contribution in [2.45, 2.75) is 43.8 Å². The number of halogens is 1. The van der Waals surface area contributed by atoms with Gasteiger partial charge in [0.25, 0.3) is 5.91 Å². The number of rotatable bonds is 9. The fraction of sp³-hybridized carbons (Fsp3) is 0.333. The van der Waals surface area contributed by atoms with E-state index in [1.165, 1.54) is 31.8 Å². The number of fused-ring (bicyclic) bond motifs is 1. The van der Waals surface area contributed by atoms with E-state index in [1.54, 1.807) is 23.1 Å². The first-order chi connectivity index (χ1) is 20.4. The lowest BCUT2D eigenvalue weighted by Crippen LogP contribution is -2.42. The van der Waals surface area contributed by atoms with E-state index in [2.05, 4.69) is 20.3 Å². The molecule has 2 aliphatic heterocycles. The molecule has 12 heteroatoms. The SMILES string of the molecule is COC(O)C1OC1C(=O)N1CCCCC(Nc2ncnc3[nH]cc(C(=O)c4ccc(Oc5ccccc5)cc4F)c23)C1. The smallest absolute Gasteiger partial charge is 0.254 e. The van der Waals surface area contributed by atoms with Gasteiger partial charge in [-0.1, -0.05) is 18.2 Å². The van der Waals surface area contributed by atoms with Crippen molar-refractivity contribution in [3.63, 3.8) is 0 Å². The minimum absolute atomic E-state index is 0.116. The number of likely N-dealkylation sites (tertiary alicyclic amines) is 1. The summed E-state index contributed by atoms with van der Waals surface area (Å²) >= 11 is 0. The molecule has 2 saturated heterocycles. The fourth-order valence-electron chi connectivity index (χ4n) is 5.27. The predicted octanol–water partition coefficient (Wildman–Crippen LogP) is 3.65. The number of anilines is 1. The highest BCUT2D eigenvalue weighted by atomic mass is 19.1. The second-order valence-corrected chi connectivity index (χ2v) is 10.3. The number of carbonyl (C=O) groups is 2. The van der Waals surface area contributed by atoms with Crippen LogP contribution in [0.25, 0.3) is 11.0 Å². The Morgan fingerprint density at radius 1 is 1.14 bits per heavy atom. The van der Waals surface area contributed by atoms with Crippen LogP contribution in [0.4, 0.5) is 10.2 Å². The van der Waals surface area contributed by atoms with Gasteiger partial charge in [-0.3, -0.25) is 9.59 Å². The van der Waals surface area contributed by atoms with E-state index in [0.29, 0.717) is 35.7 Å². The summed E-state index contributed by atoms with van der Waals surface area (Å²) in [5.41, 5.74) is 0.521. The van der Waals surface area contributed by atoms with Gasteiger partial charge in [-0.2, -0.15) is 0 Å². The first kappa shape index (κ1) is 27.8. The van der Waals surface area contributed by atoms with Crippen molar-refractivity contribution in [3.8, 4) is 11.5 Å². The van der Waals surface area contributed by atoms with Crippen molar-refractivity contribution >= 4 is 28.5 Å². The van der Waals surface area contributed by atoms with Crippen LogP contribution in [-0.4, -0.2) is 81.4 Å². The summed E-state index contributed by atoms with van der Waals surface area (Å²) in [5, 5.41) is 13.7. The number of nitrogens with one attached hydrogen (secondary N) is 2. The number of ether oxygens (including phenoxy) is 3. The Morgan fingerprint density at radius 3 is 2.76 bits per heavy atom. The van der Waals surface area contributed by atoms with Gasteiger partial charge >= 0.3 is 0 Å². The van der Waals surface area contributed by atoms with E-state index in [9.17, 15) is 14.7 Å². The number of hydrogen-bond donors (Lipinski definition) is 3. The average molecular weight is 576 g/mol. The average Bonchev–Trinajstić information content (AvgIpc) is 3.74. The number of aromatic nitrogens is 3. The number of aliphatic hydroxyl groups excluding tert-OH is 1. The molecule has 4 atom stereocenters. The van der Waals surface area contributed by atoms with Crippen molar-refractivity contribution in [3.05, 3.63) is 78.0 Å². The van der Waals surface area contributed by atoms with Crippen molar-refractivity contribution in [1.29, 1.82) is 0 Å². The Kier molecular flexibility index (Phi) is 7.83. The number of carbonyl (C=O) groups excluding carboxylic acids is 2. The van der Waals surface area contributed by atoms with E-state index in [4.69, 9.17) is 14.2 Å². The van der Waals surface area contributed by atoms with Gasteiger partial charge in [-0.15, -0.1) is 0 Å². The number of epoxide rings is 1. The molecule has 218 valence electrons. The Morgan fingerprint density at radius 2 is 1.98 bits per heavy atom. The number of nitrogens with zero attached hydrogens (tertiary/aromatic N) is 3. The van der Waals surface area contributed by atoms with Crippen LogP contribution in [0.1, 0.15) is 35.2 Å². The van der Waals surface area contributed by atoms with Gasteiger partial charge in [-0.25, -0.2) is 14.4 Å². The molecule has 2 aromatic carbocycles. The summed E-state index contributed by atoms with van der Waals surface area (Å²) in [6, 6.07) is 12.9. The van der Waals surface area contributed by atoms with Gasteiger partial charge in [0, 0.05) is 38.5 Å². The van der Waals surface area contributed by atoms with Crippen LogP contribution in [0.2, 0.25) is 0 Å². The molecule has 0 saturated carbocycles. The van der Waals surface area contributed by atoms with Crippen LogP contribution in [-0.2, 0) is 14.3 Å². The highest BCUT2D eigenvalue weighted by Gasteiger charge is 2.51. The molecule has 1 amide bonds. The van der Waals surface area contributed by atoms with Crippen LogP contribution in [0.5, 0.6) is 11.5 Å². The summed E-state index contributed by atoms with van der Waals surface area (Å²) in [6.07, 6.45) is 2.74. The molecule has 0 radical (unpaired) electrons. The summed E-state index contributed by atoms with van der Waals surface area (Å²) < 4.78 is 31.1. The van der Waals surface area contributed by atoms with E-state index in [0.717, 1.165) is 19.3 Å². The summed E-state index contributed by atoms with van der Waals surface area (Å²) in [5.74, 6) is -0.224. The monoisotopic (exact) mass is 575 g/mol. The third kappa shape index (κ3) is 5.69. The number of aliphatic hydroxyl groups is 1. The second kappa shape index (κ2) is 11.8. The van der Waals surface area contributed by atoms with Crippen LogP contribution < -0.4 is 10.1 Å². The van der Waals surface area contributed by atoms with Gasteiger partial charge in [0.15, 0.2) is 18.2 Å². The van der Waals surface area contributed by atoms with Gasteiger partial charge in [0.2, 0.25) is 0 Å². The van der Waals surface area contributed by atoms with E-state index < -0.39 is 30.1 Å². The molecule has 6 rings (SSSR count). The molecule has 0 spiro atoms. The Bertz CT molecular complexity index is 1600. The van der Waals surface area contributed by atoms with Crippen molar-refractivity contribution in [2.24, 2.45) is 0 Å². The number of ketones is 1. The molecular weight excluding hydrogens is 545 g/mol. The van der Waals surface area contributed by atoms with E-state index in [1.807, 2.05) is 18.2 Å². The summed E-state index contributed by atoms with van der Waals surface area (Å²) in [6.45, 7) is 0.939. The molecule has 2 aromatic heterocycles. The maximum absolute atomic E-state index is 15.2. The number of aromatic amines is 1. The van der Waals surface area contributed by atoms with Gasteiger partial charge in [0.05, 0.1) is 16.5 Å². The topological polar surface area (TPSA) is 142 Å². The quantitative estimate of drug-likeness (QED) is 0.155.